The molecular formula is C18H18O4. The number of carbonyl (C=O) groups is 1. The van der Waals surface area contributed by atoms with E-state index in [4.69, 9.17) is 14.6 Å². The standard InChI is InChI=1S/C18H18O4/c1-12(18(19)20)5-4-6-13-7-10-17(22-3)16-11-14(21-2)8-9-15(13)16/h4-11H,1-3H3,(H,19,20). The number of ether oxygens (including phenoxy) is 2. The van der Waals surface area contributed by atoms with Crippen molar-refractivity contribution in [1.82, 2.24) is 0 Å². The zero-order valence-corrected chi connectivity index (χ0v) is 12.8. The number of rotatable bonds is 5. The van der Waals surface area contributed by atoms with Gasteiger partial charge < -0.3 is 14.6 Å². The van der Waals surface area contributed by atoms with Crippen LogP contribution in [0.25, 0.3) is 16.8 Å². The maximum Gasteiger partial charge on any atom is 0.331 e. The van der Waals surface area contributed by atoms with Gasteiger partial charge in [-0.1, -0.05) is 24.3 Å². The van der Waals surface area contributed by atoms with E-state index >= 15 is 0 Å². The first kappa shape index (κ1) is 15.6. The second-order valence-corrected chi connectivity index (χ2v) is 4.78. The highest BCUT2D eigenvalue weighted by Gasteiger charge is 2.06. The van der Waals surface area contributed by atoms with Crippen LogP contribution in [0.1, 0.15) is 12.5 Å². The summed E-state index contributed by atoms with van der Waals surface area (Å²) < 4.78 is 10.6. The summed E-state index contributed by atoms with van der Waals surface area (Å²) >= 11 is 0. The highest BCUT2D eigenvalue weighted by Crippen LogP contribution is 2.32. The predicted octanol–water partition coefficient (Wildman–Crippen LogP) is 3.90. The summed E-state index contributed by atoms with van der Waals surface area (Å²) in [7, 11) is 3.25. The molecule has 0 bridgehead atoms. The molecule has 114 valence electrons. The molecule has 2 aromatic rings. The number of allylic oxidation sites excluding steroid dienone is 2. The number of carboxylic acids is 1. The molecule has 0 saturated heterocycles. The van der Waals surface area contributed by atoms with Crippen molar-refractivity contribution in [3.8, 4) is 11.5 Å². The second-order valence-electron chi connectivity index (χ2n) is 4.78. The topological polar surface area (TPSA) is 55.8 Å². The van der Waals surface area contributed by atoms with E-state index in [0.29, 0.717) is 0 Å². The van der Waals surface area contributed by atoms with Gasteiger partial charge in [-0.2, -0.15) is 0 Å². The van der Waals surface area contributed by atoms with Gasteiger partial charge in [0.05, 0.1) is 14.2 Å². The number of fused-ring (bicyclic) bond motifs is 1. The van der Waals surface area contributed by atoms with Gasteiger partial charge in [-0.25, -0.2) is 4.79 Å². The van der Waals surface area contributed by atoms with Crippen LogP contribution < -0.4 is 9.47 Å². The van der Waals surface area contributed by atoms with Crippen molar-refractivity contribution >= 4 is 22.8 Å². The molecule has 0 aliphatic rings. The molecule has 22 heavy (non-hydrogen) atoms. The molecule has 4 heteroatoms. The molecule has 2 rings (SSSR count). The van der Waals surface area contributed by atoms with Crippen LogP contribution in [0.15, 0.2) is 48.1 Å². The minimum absolute atomic E-state index is 0.288. The fourth-order valence-electron chi connectivity index (χ4n) is 2.14. The number of hydrogen-bond donors (Lipinski definition) is 1. The van der Waals surface area contributed by atoms with Crippen LogP contribution in [0.5, 0.6) is 11.5 Å². The Hall–Kier alpha value is -2.75. The lowest BCUT2D eigenvalue weighted by molar-refractivity contribution is -0.132. The third kappa shape index (κ3) is 3.28. The first-order valence-electron chi connectivity index (χ1n) is 6.80. The average Bonchev–Trinajstić information content (AvgIpc) is 2.54. The Morgan fingerprint density at radius 3 is 2.50 bits per heavy atom. The number of benzene rings is 2. The van der Waals surface area contributed by atoms with Crippen LogP contribution in [0.4, 0.5) is 0 Å². The maximum atomic E-state index is 10.8. The molecule has 0 fully saturated rings. The van der Waals surface area contributed by atoms with Gasteiger partial charge in [0.2, 0.25) is 0 Å². The minimum Gasteiger partial charge on any atom is -0.497 e. The lowest BCUT2D eigenvalue weighted by Crippen LogP contribution is -1.94. The van der Waals surface area contributed by atoms with E-state index in [0.717, 1.165) is 27.8 Å². The van der Waals surface area contributed by atoms with Gasteiger partial charge in [-0.15, -0.1) is 0 Å². The summed E-state index contributed by atoms with van der Waals surface area (Å²) in [6.07, 6.45) is 5.18. The molecule has 2 aromatic carbocycles. The molecule has 0 aliphatic heterocycles. The van der Waals surface area contributed by atoms with Gasteiger partial charge in [-0.05, 0) is 42.1 Å². The Kier molecular flexibility index (Phi) is 4.84. The molecule has 0 unspecified atom stereocenters. The number of aliphatic carboxylic acids is 1. The summed E-state index contributed by atoms with van der Waals surface area (Å²) in [5.41, 5.74) is 1.27. The average molecular weight is 298 g/mol. The molecule has 0 spiro atoms. The van der Waals surface area contributed by atoms with Gasteiger partial charge in [0, 0.05) is 11.0 Å². The van der Waals surface area contributed by atoms with E-state index in [-0.39, 0.29) is 5.57 Å². The zero-order chi connectivity index (χ0) is 16.1. The monoisotopic (exact) mass is 298 g/mol. The highest BCUT2D eigenvalue weighted by molar-refractivity contribution is 5.96. The summed E-state index contributed by atoms with van der Waals surface area (Å²) in [6.45, 7) is 1.56. The van der Waals surface area contributed by atoms with Crippen molar-refractivity contribution in [2.75, 3.05) is 14.2 Å². The smallest absolute Gasteiger partial charge is 0.331 e. The summed E-state index contributed by atoms with van der Waals surface area (Å²) in [4.78, 5) is 10.8. The largest absolute Gasteiger partial charge is 0.497 e. The molecule has 0 heterocycles. The van der Waals surface area contributed by atoms with Crippen LogP contribution >= 0.6 is 0 Å². The lowest BCUT2D eigenvalue weighted by Gasteiger charge is -2.09. The first-order chi connectivity index (χ1) is 10.6. The molecule has 0 radical (unpaired) electrons. The highest BCUT2D eigenvalue weighted by atomic mass is 16.5. The zero-order valence-electron chi connectivity index (χ0n) is 12.8. The molecule has 1 N–H and O–H groups in total. The number of hydrogen-bond acceptors (Lipinski definition) is 3. The molecular weight excluding hydrogens is 280 g/mol. The number of carboxylic acid groups (broad SMARTS) is 1. The van der Waals surface area contributed by atoms with Gasteiger partial charge >= 0.3 is 5.97 Å². The Balaban J connectivity index is 2.49. The van der Waals surface area contributed by atoms with Gasteiger partial charge in [0.1, 0.15) is 11.5 Å². The summed E-state index contributed by atoms with van der Waals surface area (Å²) in [5, 5.41) is 10.8. The predicted molar refractivity (Wildman–Crippen MR) is 87.5 cm³/mol. The van der Waals surface area contributed by atoms with E-state index in [9.17, 15) is 4.79 Å². The first-order valence-corrected chi connectivity index (χ1v) is 6.80. The van der Waals surface area contributed by atoms with E-state index in [1.807, 2.05) is 36.4 Å². The van der Waals surface area contributed by atoms with Crippen molar-refractivity contribution in [2.45, 2.75) is 6.92 Å². The van der Waals surface area contributed by atoms with Crippen LogP contribution in [-0.2, 0) is 4.79 Å². The van der Waals surface area contributed by atoms with E-state index in [2.05, 4.69) is 0 Å². The minimum atomic E-state index is -0.922. The summed E-state index contributed by atoms with van der Waals surface area (Å²) in [6, 6.07) is 9.59. The Labute approximate surface area is 129 Å². The quantitative estimate of drug-likeness (QED) is 0.672. The normalized spacial score (nSPS) is 11.9. The Bertz CT molecular complexity index is 757. The van der Waals surface area contributed by atoms with E-state index in [1.54, 1.807) is 33.3 Å². The maximum absolute atomic E-state index is 10.8. The van der Waals surface area contributed by atoms with Crippen LogP contribution in [-0.4, -0.2) is 25.3 Å². The second kappa shape index (κ2) is 6.80. The fraction of sp³-hybridized carbons (Fsp3) is 0.167. The van der Waals surface area contributed by atoms with Crippen LogP contribution in [0.3, 0.4) is 0 Å². The van der Waals surface area contributed by atoms with Gasteiger partial charge in [-0.3, -0.25) is 0 Å². The van der Waals surface area contributed by atoms with Crippen LogP contribution in [0, 0.1) is 0 Å². The van der Waals surface area contributed by atoms with Crippen molar-refractivity contribution in [3.05, 3.63) is 53.6 Å². The van der Waals surface area contributed by atoms with Gasteiger partial charge in [0.15, 0.2) is 0 Å². The van der Waals surface area contributed by atoms with E-state index < -0.39 is 5.97 Å². The lowest BCUT2D eigenvalue weighted by atomic mass is 10.0. The van der Waals surface area contributed by atoms with Crippen LogP contribution in [0.2, 0.25) is 0 Å². The van der Waals surface area contributed by atoms with Crippen molar-refractivity contribution in [3.63, 3.8) is 0 Å². The molecule has 4 nitrogen and oxygen atoms in total. The fourth-order valence-corrected chi connectivity index (χ4v) is 2.14. The van der Waals surface area contributed by atoms with Crippen molar-refractivity contribution < 1.29 is 19.4 Å². The molecule has 0 aliphatic carbocycles. The molecule has 0 saturated carbocycles. The van der Waals surface area contributed by atoms with Crippen molar-refractivity contribution in [2.24, 2.45) is 0 Å². The summed E-state index contributed by atoms with van der Waals surface area (Å²) in [5.74, 6) is 0.603. The molecule has 0 aromatic heterocycles. The SMILES string of the molecule is COc1ccc2c(C=CC=C(C)C(=O)O)ccc(OC)c2c1. The third-order valence-electron chi connectivity index (χ3n) is 3.40. The van der Waals surface area contributed by atoms with E-state index in [1.165, 1.54) is 0 Å². The molecule has 0 amide bonds. The molecule has 0 atom stereocenters. The van der Waals surface area contributed by atoms with Crippen molar-refractivity contribution in [1.29, 1.82) is 0 Å². The van der Waals surface area contributed by atoms with Gasteiger partial charge in [0.25, 0.3) is 0 Å². The Morgan fingerprint density at radius 2 is 1.86 bits per heavy atom. The third-order valence-corrected chi connectivity index (χ3v) is 3.40. The Morgan fingerprint density at radius 1 is 1.09 bits per heavy atom. The number of methoxy groups -OCH3 is 2.